The minimum Gasteiger partial charge on any atom is -0.360 e. The molecule has 112 valence electrons. The van der Waals surface area contributed by atoms with Gasteiger partial charge in [-0.2, -0.15) is 0 Å². The van der Waals surface area contributed by atoms with Gasteiger partial charge in [-0.05, 0) is 12.1 Å². The fourth-order valence-corrected chi connectivity index (χ4v) is 10.4. The molecule has 1 aromatic heterocycles. The van der Waals surface area contributed by atoms with E-state index in [1.807, 2.05) is 18.2 Å². The average Bonchev–Trinajstić information content (AvgIpc) is 2.14. The lowest BCUT2D eigenvalue weighted by molar-refractivity contribution is 1.30. The Kier molecular flexibility index (Phi) is 13.0. The summed E-state index contributed by atoms with van der Waals surface area (Å²) in [7, 11) is -1.96. The molecule has 0 aliphatic heterocycles. The van der Waals surface area contributed by atoms with Crippen molar-refractivity contribution < 1.29 is 0 Å². The topological polar surface area (TPSA) is 24.9 Å². The van der Waals surface area contributed by atoms with Gasteiger partial charge in [0.05, 0.1) is 0 Å². The maximum absolute atomic E-state index is 4.94. The first-order valence-corrected chi connectivity index (χ1v) is 18.2. The molecule has 0 saturated carbocycles. The highest BCUT2D eigenvalue weighted by atomic mass is 35.8. The van der Waals surface area contributed by atoms with Crippen LogP contribution in [0.5, 0.6) is 0 Å². The zero-order valence-corrected chi connectivity index (χ0v) is 18.0. The van der Waals surface area contributed by atoms with Crippen LogP contribution in [0.25, 0.3) is 0 Å². The molecule has 0 fully saturated rings. The van der Waals surface area contributed by atoms with E-state index in [1.54, 1.807) is 12.4 Å². The van der Waals surface area contributed by atoms with Gasteiger partial charge < -0.3 is 4.65 Å². The number of pyridine rings is 1. The van der Waals surface area contributed by atoms with Gasteiger partial charge in [-0.1, -0.05) is 45.3 Å². The van der Waals surface area contributed by atoms with Crippen LogP contribution in [0, 0.1) is 0 Å². The molecule has 2 nitrogen and oxygen atoms in total. The summed E-state index contributed by atoms with van der Waals surface area (Å²) in [5.41, 5.74) is 0. The number of aromatic nitrogens is 1. The third-order valence-corrected chi connectivity index (χ3v) is 7.32. The highest BCUT2D eigenvalue weighted by molar-refractivity contribution is 7.54. The summed E-state index contributed by atoms with van der Waals surface area (Å²) in [5, 5.41) is 0. The molecule has 1 rings (SSSR count). The normalized spacial score (nSPS) is 11.1. The van der Waals surface area contributed by atoms with Crippen LogP contribution in [0.1, 0.15) is 0 Å². The molecule has 0 aliphatic rings. The molecule has 0 radical (unpaired) electrons. The monoisotopic (exact) mass is 374 g/mol. The maximum atomic E-state index is 4.94. The molecule has 0 saturated heterocycles. The smallest absolute Gasteiger partial charge is 0.326 e. The van der Waals surface area contributed by atoms with E-state index in [0.717, 1.165) is 0 Å². The zero-order chi connectivity index (χ0) is 15.5. The van der Waals surface area contributed by atoms with Crippen molar-refractivity contribution in [3.05, 3.63) is 30.6 Å². The SMILES string of the molecule is C[Si](C)(C)N[Si](C)(C)C.Cl[SiH](Cl)Cl.c1ccncc1. The Morgan fingerprint density at radius 1 is 0.789 bits per heavy atom. The van der Waals surface area contributed by atoms with Crippen molar-refractivity contribution in [2.45, 2.75) is 39.3 Å². The highest BCUT2D eigenvalue weighted by Crippen LogP contribution is 2.02. The first kappa shape index (κ1) is 21.9. The lowest BCUT2D eigenvalue weighted by atomic mass is 10.5. The number of hydrogen-bond donors (Lipinski definition) is 1. The van der Waals surface area contributed by atoms with Crippen LogP contribution in [0.15, 0.2) is 30.6 Å². The molecule has 0 aliphatic carbocycles. The van der Waals surface area contributed by atoms with Crippen molar-refractivity contribution >= 4 is 56.4 Å². The number of rotatable bonds is 2. The molecule has 1 aromatic rings. The second-order valence-electron chi connectivity index (χ2n) is 5.90. The second kappa shape index (κ2) is 11.3. The molecular weight excluding hydrogens is 351 g/mol. The summed E-state index contributed by atoms with van der Waals surface area (Å²) in [4.78, 5) is 3.78. The van der Waals surface area contributed by atoms with E-state index in [-0.39, 0.29) is 0 Å². The summed E-state index contributed by atoms with van der Waals surface area (Å²) < 4.78 is 3.74. The molecule has 0 bridgehead atoms. The van der Waals surface area contributed by atoms with Gasteiger partial charge in [-0.15, -0.1) is 33.2 Å². The molecule has 0 spiro atoms. The van der Waals surface area contributed by atoms with Crippen molar-refractivity contribution in [2.75, 3.05) is 0 Å². The fourth-order valence-electron chi connectivity index (χ4n) is 1.44. The van der Waals surface area contributed by atoms with Crippen molar-refractivity contribution in [1.82, 2.24) is 9.63 Å². The molecule has 0 unspecified atom stereocenters. The van der Waals surface area contributed by atoms with Gasteiger partial charge in [0.25, 0.3) is 0 Å². The van der Waals surface area contributed by atoms with E-state index in [0.29, 0.717) is 0 Å². The third-order valence-electron chi connectivity index (χ3n) is 1.32. The second-order valence-corrected chi connectivity index (χ2v) is 22.3. The Labute approximate surface area is 135 Å². The fraction of sp³-hybridized carbons (Fsp3) is 0.545. The van der Waals surface area contributed by atoms with Gasteiger partial charge in [0.15, 0.2) is 0 Å². The molecule has 0 atom stereocenters. The summed E-state index contributed by atoms with van der Waals surface area (Å²) in [6, 6.07) is 5.72. The van der Waals surface area contributed by atoms with Crippen LogP contribution in [-0.4, -0.2) is 28.2 Å². The van der Waals surface area contributed by atoms with Crippen LogP contribution in [0.3, 0.4) is 0 Å². The predicted octanol–water partition coefficient (Wildman–Crippen LogP) is 4.75. The quantitative estimate of drug-likeness (QED) is 0.596. The number of halogens is 3. The summed E-state index contributed by atoms with van der Waals surface area (Å²) in [6.07, 6.45) is 3.50. The van der Waals surface area contributed by atoms with E-state index in [4.69, 9.17) is 33.2 Å². The van der Waals surface area contributed by atoms with Crippen molar-refractivity contribution in [3.8, 4) is 0 Å². The minimum atomic E-state index is -1.72. The molecule has 1 heterocycles. The van der Waals surface area contributed by atoms with E-state index in [2.05, 4.69) is 48.9 Å². The summed E-state index contributed by atoms with van der Waals surface area (Å²) in [6.45, 7) is 12.4. The maximum Gasteiger partial charge on any atom is 0.326 e. The van der Waals surface area contributed by atoms with E-state index in [9.17, 15) is 0 Å². The third kappa shape index (κ3) is 32.3. The number of nitrogens with zero attached hydrogens (tertiary/aromatic N) is 1. The molecule has 19 heavy (non-hydrogen) atoms. The van der Waals surface area contributed by atoms with Crippen molar-refractivity contribution in [1.29, 1.82) is 0 Å². The van der Waals surface area contributed by atoms with Crippen LogP contribution >= 0.6 is 33.2 Å². The number of hydrogen-bond acceptors (Lipinski definition) is 2. The van der Waals surface area contributed by atoms with Gasteiger partial charge in [0.2, 0.25) is 0 Å². The molecule has 8 heteroatoms. The van der Waals surface area contributed by atoms with E-state index in [1.165, 1.54) is 0 Å². The van der Waals surface area contributed by atoms with Gasteiger partial charge in [0, 0.05) is 12.4 Å². The molecule has 1 N–H and O–H groups in total. The van der Waals surface area contributed by atoms with Gasteiger partial charge in [-0.3, -0.25) is 4.98 Å². The summed E-state index contributed by atoms with van der Waals surface area (Å²) >= 11 is 14.8. The van der Waals surface area contributed by atoms with E-state index < -0.39 is 23.2 Å². The van der Waals surface area contributed by atoms with Crippen LogP contribution in [-0.2, 0) is 0 Å². The molecule has 0 amide bonds. The van der Waals surface area contributed by atoms with Gasteiger partial charge in [0.1, 0.15) is 16.5 Å². The van der Waals surface area contributed by atoms with Crippen molar-refractivity contribution in [3.63, 3.8) is 0 Å². The lowest BCUT2D eigenvalue weighted by Crippen LogP contribution is -2.55. The van der Waals surface area contributed by atoms with E-state index >= 15 is 0 Å². The Morgan fingerprint density at radius 3 is 1.16 bits per heavy atom. The van der Waals surface area contributed by atoms with Gasteiger partial charge >= 0.3 is 6.73 Å². The Morgan fingerprint density at radius 2 is 1.11 bits per heavy atom. The number of nitrogens with one attached hydrogen (secondary N) is 1. The average molecular weight is 376 g/mol. The minimum absolute atomic E-state index is 0.981. The predicted molar refractivity (Wildman–Crippen MR) is 98.8 cm³/mol. The summed E-state index contributed by atoms with van der Waals surface area (Å²) in [5.74, 6) is 0. The molecular formula is C11H25Cl3N2Si3. The van der Waals surface area contributed by atoms with Crippen LogP contribution in [0.2, 0.25) is 39.3 Å². The zero-order valence-electron chi connectivity index (χ0n) is 12.5. The van der Waals surface area contributed by atoms with Crippen molar-refractivity contribution in [2.24, 2.45) is 0 Å². The lowest BCUT2D eigenvalue weighted by Gasteiger charge is -2.28. The first-order chi connectivity index (χ1) is 8.44. The first-order valence-electron chi connectivity index (χ1n) is 6.00. The highest BCUT2D eigenvalue weighted by Gasteiger charge is 2.22. The van der Waals surface area contributed by atoms with Gasteiger partial charge in [-0.25, -0.2) is 0 Å². The Hall–Kier alpha value is 0.631. The standard InChI is InChI=1S/C6H19NSi2.C5H5N.Cl3HSi/c1-8(2,3)7-9(4,5)6;1-2-4-6-5-3-1;1-4(2)3/h7H,1-6H3;1-5H;4H. The van der Waals surface area contributed by atoms with Crippen LogP contribution in [0.4, 0.5) is 0 Å². The van der Waals surface area contributed by atoms with Crippen LogP contribution < -0.4 is 4.65 Å². The Bertz CT molecular complexity index is 259. The molecule has 0 aromatic carbocycles. The largest absolute Gasteiger partial charge is 0.360 e. The Balaban J connectivity index is 0.